The molecule has 0 aliphatic rings. The Bertz CT molecular complexity index is 472. The van der Waals surface area contributed by atoms with Crippen LogP contribution in [-0.4, -0.2) is 4.98 Å². The van der Waals surface area contributed by atoms with E-state index < -0.39 is 0 Å². The lowest BCUT2D eigenvalue weighted by Crippen LogP contribution is -1.97. The van der Waals surface area contributed by atoms with Gasteiger partial charge in [0.15, 0.2) is 0 Å². The maximum absolute atomic E-state index is 4.30. The van der Waals surface area contributed by atoms with Crippen molar-refractivity contribution in [2.45, 2.75) is 13.8 Å². The molecule has 2 aromatic rings. The largest absolute Gasteiger partial charge is 0.340 e. The standard InChI is InChI=1S/C13H13BrN2/c1-9-4-3-5-10(2)13(9)16-12-7-6-11(14)8-15-12/h3-8H,1-2H3,(H,15,16). The van der Waals surface area contributed by atoms with Gasteiger partial charge in [0.2, 0.25) is 0 Å². The molecule has 0 bridgehead atoms. The first-order valence-electron chi connectivity index (χ1n) is 5.11. The molecule has 1 aromatic heterocycles. The van der Waals surface area contributed by atoms with Crippen molar-refractivity contribution >= 4 is 27.4 Å². The summed E-state index contributed by atoms with van der Waals surface area (Å²) in [7, 11) is 0. The van der Waals surface area contributed by atoms with Crippen LogP contribution in [-0.2, 0) is 0 Å². The molecular weight excluding hydrogens is 264 g/mol. The summed E-state index contributed by atoms with van der Waals surface area (Å²) >= 11 is 3.37. The molecule has 1 aromatic carbocycles. The van der Waals surface area contributed by atoms with Crippen molar-refractivity contribution in [3.8, 4) is 0 Å². The van der Waals surface area contributed by atoms with Crippen molar-refractivity contribution in [3.05, 3.63) is 52.1 Å². The number of aromatic nitrogens is 1. The van der Waals surface area contributed by atoms with E-state index in [0.717, 1.165) is 16.0 Å². The molecule has 0 fully saturated rings. The van der Waals surface area contributed by atoms with E-state index >= 15 is 0 Å². The third kappa shape index (κ3) is 2.42. The highest BCUT2D eigenvalue weighted by molar-refractivity contribution is 9.10. The molecule has 0 amide bonds. The highest BCUT2D eigenvalue weighted by atomic mass is 79.9. The van der Waals surface area contributed by atoms with Crippen molar-refractivity contribution in [2.75, 3.05) is 5.32 Å². The van der Waals surface area contributed by atoms with E-state index in [0.29, 0.717) is 0 Å². The number of benzene rings is 1. The minimum Gasteiger partial charge on any atom is -0.340 e. The number of halogens is 1. The molecule has 82 valence electrons. The van der Waals surface area contributed by atoms with Crippen LogP contribution in [0.1, 0.15) is 11.1 Å². The Morgan fingerprint density at radius 2 is 1.75 bits per heavy atom. The second-order valence-corrected chi connectivity index (χ2v) is 4.67. The summed E-state index contributed by atoms with van der Waals surface area (Å²) in [5.74, 6) is 0.862. The van der Waals surface area contributed by atoms with E-state index in [-0.39, 0.29) is 0 Å². The van der Waals surface area contributed by atoms with Crippen LogP contribution in [0.2, 0.25) is 0 Å². The van der Waals surface area contributed by atoms with E-state index in [1.165, 1.54) is 11.1 Å². The van der Waals surface area contributed by atoms with Gasteiger partial charge >= 0.3 is 0 Å². The average molecular weight is 277 g/mol. The van der Waals surface area contributed by atoms with Gasteiger partial charge in [-0.2, -0.15) is 0 Å². The molecule has 2 nitrogen and oxygen atoms in total. The summed E-state index contributed by atoms with van der Waals surface area (Å²) in [5.41, 5.74) is 3.59. The van der Waals surface area contributed by atoms with Gasteiger partial charge in [-0.25, -0.2) is 4.98 Å². The molecule has 0 radical (unpaired) electrons. The van der Waals surface area contributed by atoms with Gasteiger partial charge < -0.3 is 5.32 Å². The Morgan fingerprint density at radius 1 is 1.06 bits per heavy atom. The number of para-hydroxylation sites is 1. The monoisotopic (exact) mass is 276 g/mol. The lowest BCUT2D eigenvalue weighted by atomic mass is 10.1. The minimum absolute atomic E-state index is 0.862. The minimum atomic E-state index is 0.862. The van der Waals surface area contributed by atoms with Crippen LogP contribution in [0.25, 0.3) is 0 Å². The summed E-state index contributed by atoms with van der Waals surface area (Å²) in [6.07, 6.45) is 1.79. The number of nitrogens with one attached hydrogen (secondary N) is 1. The van der Waals surface area contributed by atoms with Crippen molar-refractivity contribution in [2.24, 2.45) is 0 Å². The van der Waals surface area contributed by atoms with Gasteiger partial charge in [0, 0.05) is 16.4 Å². The maximum atomic E-state index is 4.30. The quantitative estimate of drug-likeness (QED) is 0.889. The molecule has 0 aliphatic carbocycles. The lowest BCUT2D eigenvalue weighted by molar-refractivity contribution is 1.27. The number of rotatable bonds is 2. The molecule has 0 atom stereocenters. The fraction of sp³-hybridized carbons (Fsp3) is 0.154. The van der Waals surface area contributed by atoms with E-state index in [4.69, 9.17) is 0 Å². The highest BCUT2D eigenvalue weighted by Gasteiger charge is 2.02. The molecule has 0 saturated heterocycles. The second-order valence-electron chi connectivity index (χ2n) is 3.75. The smallest absolute Gasteiger partial charge is 0.130 e. The molecular formula is C13H13BrN2. The van der Waals surface area contributed by atoms with Crippen molar-refractivity contribution in [1.82, 2.24) is 4.98 Å². The number of aryl methyl sites for hydroxylation is 2. The molecule has 0 saturated carbocycles. The fourth-order valence-electron chi connectivity index (χ4n) is 1.59. The fourth-order valence-corrected chi connectivity index (χ4v) is 1.82. The normalized spacial score (nSPS) is 10.2. The van der Waals surface area contributed by atoms with Crippen LogP contribution < -0.4 is 5.32 Å². The summed E-state index contributed by atoms with van der Waals surface area (Å²) in [5, 5.41) is 3.34. The van der Waals surface area contributed by atoms with E-state index in [9.17, 15) is 0 Å². The molecule has 0 aliphatic heterocycles. The first-order chi connectivity index (χ1) is 7.66. The zero-order chi connectivity index (χ0) is 11.5. The Hall–Kier alpha value is -1.35. The molecule has 3 heteroatoms. The first-order valence-corrected chi connectivity index (χ1v) is 5.91. The molecule has 0 unspecified atom stereocenters. The van der Waals surface area contributed by atoms with Gasteiger partial charge in [0.25, 0.3) is 0 Å². The molecule has 1 N–H and O–H groups in total. The van der Waals surface area contributed by atoms with E-state index in [1.54, 1.807) is 6.20 Å². The van der Waals surface area contributed by atoms with Crippen LogP contribution in [0, 0.1) is 13.8 Å². The molecule has 0 spiro atoms. The van der Waals surface area contributed by atoms with Crippen LogP contribution in [0.3, 0.4) is 0 Å². The van der Waals surface area contributed by atoms with Gasteiger partial charge in [0.05, 0.1) is 0 Å². The van der Waals surface area contributed by atoms with Crippen LogP contribution >= 0.6 is 15.9 Å². The van der Waals surface area contributed by atoms with E-state index in [2.05, 4.69) is 58.3 Å². The SMILES string of the molecule is Cc1cccc(C)c1Nc1ccc(Br)cn1. The summed E-state index contributed by atoms with van der Waals surface area (Å²) in [6.45, 7) is 4.18. The van der Waals surface area contributed by atoms with Crippen LogP contribution in [0.4, 0.5) is 11.5 Å². The third-order valence-corrected chi connectivity index (χ3v) is 2.93. The van der Waals surface area contributed by atoms with Gasteiger partial charge in [-0.05, 0) is 53.0 Å². The first kappa shape index (κ1) is 11.1. The third-order valence-electron chi connectivity index (χ3n) is 2.46. The second kappa shape index (κ2) is 4.66. The Morgan fingerprint density at radius 3 is 2.31 bits per heavy atom. The molecule has 16 heavy (non-hydrogen) atoms. The van der Waals surface area contributed by atoms with Crippen molar-refractivity contribution < 1.29 is 0 Å². The zero-order valence-electron chi connectivity index (χ0n) is 9.29. The number of hydrogen-bond donors (Lipinski definition) is 1. The summed E-state index contributed by atoms with van der Waals surface area (Å²) in [6, 6.07) is 10.2. The van der Waals surface area contributed by atoms with Crippen LogP contribution in [0.5, 0.6) is 0 Å². The number of anilines is 2. The topological polar surface area (TPSA) is 24.9 Å². The van der Waals surface area contributed by atoms with E-state index in [1.807, 2.05) is 12.1 Å². The van der Waals surface area contributed by atoms with Crippen LogP contribution in [0.15, 0.2) is 41.0 Å². The number of pyridine rings is 1. The van der Waals surface area contributed by atoms with Crippen molar-refractivity contribution in [3.63, 3.8) is 0 Å². The van der Waals surface area contributed by atoms with Crippen molar-refractivity contribution in [1.29, 1.82) is 0 Å². The number of nitrogens with zero attached hydrogens (tertiary/aromatic N) is 1. The van der Waals surface area contributed by atoms with Gasteiger partial charge in [0.1, 0.15) is 5.82 Å². The Kier molecular flexibility index (Phi) is 3.25. The molecule has 1 heterocycles. The Labute approximate surface area is 104 Å². The zero-order valence-corrected chi connectivity index (χ0v) is 10.9. The predicted molar refractivity (Wildman–Crippen MR) is 71.1 cm³/mol. The van der Waals surface area contributed by atoms with Gasteiger partial charge in [-0.3, -0.25) is 0 Å². The summed E-state index contributed by atoms with van der Waals surface area (Å²) < 4.78 is 0.986. The Balaban J connectivity index is 2.30. The van der Waals surface area contributed by atoms with Gasteiger partial charge in [-0.1, -0.05) is 18.2 Å². The number of hydrogen-bond acceptors (Lipinski definition) is 2. The summed E-state index contributed by atoms with van der Waals surface area (Å²) in [4.78, 5) is 4.30. The van der Waals surface area contributed by atoms with Gasteiger partial charge in [-0.15, -0.1) is 0 Å². The average Bonchev–Trinajstić information content (AvgIpc) is 2.26. The maximum Gasteiger partial charge on any atom is 0.130 e. The predicted octanol–water partition coefficient (Wildman–Crippen LogP) is 4.20. The lowest BCUT2D eigenvalue weighted by Gasteiger charge is -2.11. The molecule has 2 rings (SSSR count). The highest BCUT2D eigenvalue weighted by Crippen LogP contribution is 2.23.